The molecule has 2 aromatic heterocycles. The molecule has 0 bridgehead atoms. The first-order valence-electron chi connectivity index (χ1n) is 8.69. The second-order valence-electron chi connectivity index (χ2n) is 6.05. The number of nitrogens with one attached hydrogen (secondary N) is 1. The van der Waals surface area contributed by atoms with Gasteiger partial charge in [-0.1, -0.05) is 6.07 Å². The second-order valence-corrected chi connectivity index (χ2v) is 8.02. The molecule has 2 heterocycles. The maximum Gasteiger partial charge on any atom is 0.270 e. The number of anilines is 1. The summed E-state index contributed by atoms with van der Waals surface area (Å²) in [6.07, 6.45) is 3.03. The Morgan fingerprint density at radius 2 is 1.83 bits per heavy atom. The fourth-order valence-electron chi connectivity index (χ4n) is 2.55. The highest BCUT2D eigenvalue weighted by molar-refractivity contribution is 7.92. The summed E-state index contributed by atoms with van der Waals surface area (Å²) in [4.78, 5) is 20.7. The minimum Gasteiger partial charge on any atom is -0.497 e. The summed E-state index contributed by atoms with van der Waals surface area (Å²) >= 11 is 0. The van der Waals surface area contributed by atoms with Gasteiger partial charge in [-0.2, -0.15) is 0 Å². The van der Waals surface area contributed by atoms with E-state index in [1.165, 1.54) is 44.6 Å². The Morgan fingerprint density at radius 3 is 2.48 bits per heavy atom. The van der Waals surface area contributed by atoms with Crippen LogP contribution in [0.4, 0.5) is 5.69 Å². The summed E-state index contributed by atoms with van der Waals surface area (Å²) in [5.74, 6) is 0.134. The fourth-order valence-corrected chi connectivity index (χ4v) is 3.74. The smallest absolute Gasteiger partial charge is 0.270 e. The van der Waals surface area contributed by atoms with Crippen LogP contribution in [0, 0.1) is 0 Å². The molecule has 0 saturated heterocycles. The number of benzene rings is 1. The van der Waals surface area contributed by atoms with E-state index in [0.717, 1.165) is 4.31 Å². The number of rotatable bonds is 7. The van der Waals surface area contributed by atoms with Crippen molar-refractivity contribution < 1.29 is 17.9 Å². The van der Waals surface area contributed by atoms with Gasteiger partial charge in [0.1, 0.15) is 11.4 Å². The first-order valence-corrected chi connectivity index (χ1v) is 10.1. The number of nitrogens with zero attached hydrogens (tertiary/aromatic N) is 3. The van der Waals surface area contributed by atoms with Crippen LogP contribution in [0.3, 0.4) is 0 Å². The average Bonchev–Trinajstić information content (AvgIpc) is 2.77. The van der Waals surface area contributed by atoms with E-state index in [2.05, 4.69) is 15.3 Å². The maximum atomic E-state index is 12.9. The number of pyridine rings is 2. The van der Waals surface area contributed by atoms with Crippen molar-refractivity contribution in [1.29, 1.82) is 0 Å². The normalized spacial score (nSPS) is 11.0. The second kappa shape index (κ2) is 8.70. The SMILES string of the molecule is COc1ccc(S(=O)(=O)N(C)c2ccnc(C(=O)NCc3ccccn3)c2)cc1. The van der Waals surface area contributed by atoms with Gasteiger partial charge in [0.2, 0.25) is 0 Å². The molecule has 0 fully saturated rings. The van der Waals surface area contributed by atoms with Gasteiger partial charge in [0.05, 0.1) is 29.9 Å². The van der Waals surface area contributed by atoms with Gasteiger partial charge >= 0.3 is 0 Å². The number of sulfonamides is 1. The molecule has 0 aliphatic rings. The predicted molar refractivity (Wildman–Crippen MR) is 108 cm³/mol. The van der Waals surface area contributed by atoms with Gasteiger partial charge in [-0.3, -0.25) is 19.1 Å². The van der Waals surface area contributed by atoms with E-state index in [1.54, 1.807) is 30.5 Å². The Morgan fingerprint density at radius 1 is 1.07 bits per heavy atom. The molecule has 9 heteroatoms. The average molecular weight is 412 g/mol. The molecule has 3 rings (SSSR count). The standard InChI is InChI=1S/C20H20N4O4S/c1-24(29(26,27)18-8-6-17(28-2)7-9-18)16-10-12-22-19(13-16)20(25)23-14-15-5-3-4-11-21-15/h3-13H,14H2,1-2H3,(H,23,25). The topological polar surface area (TPSA) is 101 Å². The number of amides is 1. The first kappa shape index (κ1) is 20.3. The molecule has 1 amide bonds. The zero-order valence-electron chi connectivity index (χ0n) is 15.9. The Balaban J connectivity index is 1.77. The molecular weight excluding hydrogens is 392 g/mol. The molecule has 0 atom stereocenters. The van der Waals surface area contributed by atoms with Crippen LogP contribution in [-0.4, -0.2) is 38.5 Å². The summed E-state index contributed by atoms with van der Waals surface area (Å²) in [5.41, 5.74) is 1.13. The molecule has 29 heavy (non-hydrogen) atoms. The van der Waals surface area contributed by atoms with Crippen molar-refractivity contribution in [2.24, 2.45) is 0 Å². The van der Waals surface area contributed by atoms with Crippen molar-refractivity contribution in [1.82, 2.24) is 15.3 Å². The highest BCUT2D eigenvalue weighted by Crippen LogP contribution is 2.23. The van der Waals surface area contributed by atoms with Crippen molar-refractivity contribution in [3.63, 3.8) is 0 Å². The number of ether oxygens (including phenoxy) is 1. The highest BCUT2D eigenvalue weighted by atomic mass is 32.2. The Labute approximate surface area is 169 Å². The van der Waals surface area contributed by atoms with Gasteiger partial charge in [0, 0.05) is 19.4 Å². The van der Waals surface area contributed by atoms with E-state index < -0.39 is 15.9 Å². The van der Waals surface area contributed by atoms with Crippen LogP contribution in [0.1, 0.15) is 16.2 Å². The van der Waals surface area contributed by atoms with E-state index in [-0.39, 0.29) is 17.1 Å². The minimum absolute atomic E-state index is 0.107. The summed E-state index contributed by atoms with van der Waals surface area (Å²) < 4.78 is 31.9. The van der Waals surface area contributed by atoms with Gasteiger partial charge in [-0.15, -0.1) is 0 Å². The zero-order chi connectivity index (χ0) is 20.9. The molecule has 1 aromatic carbocycles. The third kappa shape index (κ3) is 4.69. The Kier molecular flexibility index (Phi) is 6.08. The van der Waals surface area contributed by atoms with Crippen LogP contribution in [0.5, 0.6) is 5.75 Å². The van der Waals surface area contributed by atoms with Crippen LogP contribution in [0.15, 0.2) is 71.9 Å². The molecule has 0 unspecified atom stereocenters. The highest BCUT2D eigenvalue weighted by Gasteiger charge is 2.22. The number of hydrogen-bond acceptors (Lipinski definition) is 6. The summed E-state index contributed by atoms with van der Waals surface area (Å²) in [6.45, 7) is 0.242. The van der Waals surface area contributed by atoms with E-state index in [4.69, 9.17) is 4.74 Å². The quantitative estimate of drug-likeness (QED) is 0.639. The van der Waals surface area contributed by atoms with Gasteiger partial charge in [-0.25, -0.2) is 8.42 Å². The first-order chi connectivity index (χ1) is 13.9. The summed E-state index contributed by atoms with van der Waals surface area (Å²) in [6, 6.07) is 14.4. The van der Waals surface area contributed by atoms with Crippen LogP contribution >= 0.6 is 0 Å². The van der Waals surface area contributed by atoms with Crippen molar-refractivity contribution in [3.05, 3.63) is 78.4 Å². The molecule has 1 N–H and O–H groups in total. The molecule has 8 nitrogen and oxygen atoms in total. The number of hydrogen-bond donors (Lipinski definition) is 1. The Bertz CT molecular complexity index is 1090. The Hall–Kier alpha value is -3.46. The molecular formula is C20H20N4O4S. The summed E-state index contributed by atoms with van der Waals surface area (Å²) in [5, 5.41) is 2.72. The largest absolute Gasteiger partial charge is 0.497 e. The van der Waals surface area contributed by atoms with Crippen LogP contribution in [0.2, 0.25) is 0 Å². The van der Waals surface area contributed by atoms with Crippen LogP contribution in [-0.2, 0) is 16.6 Å². The third-order valence-corrected chi connectivity index (χ3v) is 6.01. The van der Waals surface area contributed by atoms with Gasteiger partial charge in [0.15, 0.2) is 0 Å². The molecule has 0 radical (unpaired) electrons. The maximum absolute atomic E-state index is 12.9. The molecule has 150 valence electrons. The minimum atomic E-state index is -3.81. The van der Waals surface area contributed by atoms with E-state index in [1.807, 2.05) is 6.07 Å². The van der Waals surface area contributed by atoms with E-state index >= 15 is 0 Å². The van der Waals surface area contributed by atoms with Gasteiger partial charge < -0.3 is 10.1 Å². The van der Waals surface area contributed by atoms with Crippen LogP contribution < -0.4 is 14.4 Å². The lowest BCUT2D eigenvalue weighted by Crippen LogP contribution is -2.28. The lowest BCUT2D eigenvalue weighted by Gasteiger charge is -2.20. The molecule has 0 saturated carbocycles. The number of carbonyl (C=O) groups is 1. The van der Waals surface area contributed by atoms with Crippen molar-refractivity contribution >= 4 is 21.6 Å². The third-order valence-electron chi connectivity index (χ3n) is 4.21. The van der Waals surface area contributed by atoms with Crippen LogP contribution in [0.25, 0.3) is 0 Å². The molecule has 0 aliphatic carbocycles. The molecule has 3 aromatic rings. The lowest BCUT2D eigenvalue weighted by molar-refractivity contribution is 0.0945. The predicted octanol–water partition coefficient (Wildman–Crippen LogP) is 2.24. The van der Waals surface area contributed by atoms with Gasteiger partial charge in [0.25, 0.3) is 15.9 Å². The fraction of sp³-hybridized carbons (Fsp3) is 0.150. The lowest BCUT2D eigenvalue weighted by atomic mass is 10.3. The van der Waals surface area contributed by atoms with E-state index in [0.29, 0.717) is 17.1 Å². The van der Waals surface area contributed by atoms with E-state index in [9.17, 15) is 13.2 Å². The number of methoxy groups -OCH3 is 1. The van der Waals surface area contributed by atoms with Gasteiger partial charge in [-0.05, 0) is 48.5 Å². The van der Waals surface area contributed by atoms with Crippen molar-refractivity contribution in [2.45, 2.75) is 11.4 Å². The summed E-state index contributed by atoms with van der Waals surface area (Å²) in [7, 11) is -0.878. The molecule has 0 aliphatic heterocycles. The van der Waals surface area contributed by atoms with Crippen molar-refractivity contribution in [3.8, 4) is 5.75 Å². The number of carbonyl (C=O) groups excluding carboxylic acids is 1. The molecule has 0 spiro atoms. The van der Waals surface area contributed by atoms with Crippen molar-refractivity contribution in [2.75, 3.05) is 18.5 Å². The monoisotopic (exact) mass is 412 g/mol. The number of aromatic nitrogens is 2. The zero-order valence-corrected chi connectivity index (χ0v) is 16.8.